The van der Waals surface area contributed by atoms with Gasteiger partial charge in [-0.3, -0.25) is 0 Å². The molecule has 12 unspecified atom stereocenters. The minimum atomic E-state index is -0.783. The van der Waals surface area contributed by atoms with Crippen LogP contribution in [0.1, 0.15) is 0 Å². The summed E-state index contributed by atoms with van der Waals surface area (Å²) in [6, 6.07) is 0. The van der Waals surface area contributed by atoms with E-state index in [0.717, 1.165) is 35.5 Å². The molecule has 0 aromatic heterocycles. The molecule has 22 heavy (non-hydrogen) atoms. The molecule has 12 rings (SSSR count). The van der Waals surface area contributed by atoms with E-state index in [0.29, 0.717) is 71.0 Å². The van der Waals surface area contributed by atoms with Gasteiger partial charge in [0.25, 0.3) is 0 Å². The van der Waals surface area contributed by atoms with Crippen molar-refractivity contribution in [2.45, 2.75) is 11.3 Å². The van der Waals surface area contributed by atoms with E-state index in [9.17, 15) is 0 Å². The lowest BCUT2D eigenvalue weighted by Gasteiger charge is -2.35. The summed E-state index contributed by atoms with van der Waals surface area (Å²) in [6.07, 6.45) is 0. The third kappa shape index (κ3) is 0.406. The molecule has 0 aliphatic heterocycles. The zero-order chi connectivity index (χ0) is 13.4. The Kier molecular flexibility index (Phi) is 0.808. The monoisotopic (exact) mass is 296 g/mol. The Morgan fingerprint density at radius 3 is 0.864 bits per heavy atom. The van der Waals surface area contributed by atoms with Crippen molar-refractivity contribution in [1.82, 2.24) is 0 Å². The maximum Gasteiger partial charge on any atom is 0.121 e. The SMILES string of the molecule is FC12C3C4C5C6C3C3C7C6C6C5C5C4C1C1C(C32)C7C6(F)C51. The molecule has 0 amide bonds. The fourth-order valence-corrected chi connectivity index (χ4v) is 15.2. The van der Waals surface area contributed by atoms with E-state index < -0.39 is 11.3 Å². The maximum absolute atomic E-state index is 16.7. The van der Waals surface area contributed by atoms with Crippen molar-refractivity contribution in [2.75, 3.05) is 0 Å². The molecule has 0 saturated heterocycles. The van der Waals surface area contributed by atoms with Crippen LogP contribution in [0.15, 0.2) is 0 Å². The van der Waals surface area contributed by atoms with E-state index in [2.05, 4.69) is 0 Å². The van der Waals surface area contributed by atoms with Crippen molar-refractivity contribution in [3.8, 4) is 0 Å². The molecular weight excluding hydrogens is 278 g/mol. The van der Waals surface area contributed by atoms with Crippen molar-refractivity contribution in [3.63, 3.8) is 0 Å². The summed E-state index contributed by atoms with van der Waals surface area (Å²) < 4.78 is 33.4. The van der Waals surface area contributed by atoms with Crippen LogP contribution in [-0.2, 0) is 0 Å². The third-order valence-electron chi connectivity index (χ3n) is 13.4. The molecule has 0 aromatic carbocycles. The molecule has 0 heterocycles. The van der Waals surface area contributed by atoms with Crippen LogP contribution in [0.2, 0.25) is 0 Å². The van der Waals surface area contributed by atoms with Crippen LogP contribution in [0.4, 0.5) is 8.78 Å². The second kappa shape index (κ2) is 1.90. The number of hydrogen-bond acceptors (Lipinski definition) is 0. The van der Waals surface area contributed by atoms with Gasteiger partial charge in [0.15, 0.2) is 0 Å². The highest BCUT2D eigenvalue weighted by atomic mass is 19.1. The minimum Gasteiger partial charge on any atom is -0.243 e. The first-order chi connectivity index (χ1) is 10.7. The number of halogens is 2. The summed E-state index contributed by atoms with van der Waals surface area (Å²) in [5.41, 5.74) is -1.57. The fraction of sp³-hybridized carbons (Fsp3) is 1.00. The summed E-state index contributed by atoms with van der Waals surface area (Å²) in [5, 5.41) is 0. The molecule has 12 atom stereocenters. The Hall–Kier alpha value is -0.140. The van der Waals surface area contributed by atoms with Crippen molar-refractivity contribution in [3.05, 3.63) is 0 Å². The van der Waals surface area contributed by atoms with Crippen molar-refractivity contribution in [2.24, 2.45) is 107 Å². The largest absolute Gasteiger partial charge is 0.243 e. The molecular formula is C20H18F2. The van der Waals surface area contributed by atoms with Gasteiger partial charge < -0.3 is 0 Å². The van der Waals surface area contributed by atoms with E-state index in [-0.39, 0.29) is 0 Å². The predicted octanol–water partition coefficient (Wildman–Crippen LogP) is 2.64. The highest BCUT2D eigenvalue weighted by Gasteiger charge is 3.05. The summed E-state index contributed by atoms with van der Waals surface area (Å²) in [4.78, 5) is 0. The van der Waals surface area contributed by atoms with Gasteiger partial charge in [0.2, 0.25) is 0 Å². The quantitative estimate of drug-likeness (QED) is 0.645. The number of alkyl halides is 2. The highest BCUT2D eigenvalue weighted by molar-refractivity contribution is 5.51. The highest BCUT2D eigenvalue weighted by Crippen LogP contribution is 3.04. The maximum atomic E-state index is 16.7. The van der Waals surface area contributed by atoms with Gasteiger partial charge in [-0.25, -0.2) is 8.78 Å². The van der Waals surface area contributed by atoms with Crippen LogP contribution in [0.5, 0.6) is 0 Å². The summed E-state index contributed by atoms with van der Waals surface area (Å²) in [5.74, 6) is 10.7. The predicted molar refractivity (Wildman–Crippen MR) is 70.5 cm³/mol. The van der Waals surface area contributed by atoms with Crippen molar-refractivity contribution in [1.29, 1.82) is 0 Å². The van der Waals surface area contributed by atoms with Crippen LogP contribution >= 0.6 is 0 Å². The lowest BCUT2D eigenvalue weighted by atomic mass is 9.75. The first-order valence-corrected chi connectivity index (χ1v) is 10.1. The van der Waals surface area contributed by atoms with Crippen molar-refractivity contribution < 1.29 is 8.78 Å². The van der Waals surface area contributed by atoms with Gasteiger partial charge in [0.1, 0.15) is 11.3 Å². The smallest absolute Gasteiger partial charge is 0.121 e. The van der Waals surface area contributed by atoms with Gasteiger partial charge in [-0.05, 0) is 71.0 Å². The van der Waals surface area contributed by atoms with E-state index >= 15 is 8.78 Å². The zero-order valence-electron chi connectivity index (χ0n) is 12.1. The van der Waals surface area contributed by atoms with E-state index in [1.807, 2.05) is 0 Å². The van der Waals surface area contributed by atoms with Gasteiger partial charge in [-0.2, -0.15) is 0 Å². The second-order valence-electron chi connectivity index (χ2n) is 11.7. The average Bonchev–Trinajstić information content (AvgIpc) is 3.15. The summed E-state index contributed by atoms with van der Waals surface area (Å²) >= 11 is 0. The Balaban J connectivity index is 1.49. The van der Waals surface area contributed by atoms with Crippen LogP contribution in [-0.4, -0.2) is 11.3 Å². The lowest BCUT2D eigenvalue weighted by molar-refractivity contribution is -0.00220. The van der Waals surface area contributed by atoms with E-state index in [4.69, 9.17) is 0 Å². The van der Waals surface area contributed by atoms with Crippen LogP contribution < -0.4 is 0 Å². The minimum absolute atomic E-state index is 0.352. The number of rotatable bonds is 0. The molecule has 112 valence electrons. The number of hydrogen-bond donors (Lipinski definition) is 0. The van der Waals surface area contributed by atoms with E-state index in [1.165, 1.54) is 0 Å². The molecule has 12 fully saturated rings. The molecule has 12 aliphatic carbocycles. The molecule has 12 saturated carbocycles. The van der Waals surface area contributed by atoms with E-state index in [1.54, 1.807) is 0 Å². The molecule has 0 nitrogen and oxygen atoms in total. The Labute approximate surface area is 127 Å². The Morgan fingerprint density at radius 2 is 0.545 bits per heavy atom. The zero-order valence-corrected chi connectivity index (χ0v) is 12.1. The first-order valence-electron chi connectivity index (χ1n) is 10.1. The Morgan fingerprint density at radius 1 is 0.318 bits per heavy atom. The van der Waals surface area contributed by atoms with Gasteiger partial charge in [0.05, 0.1) is 0 Å². The summed E-state index contributed by atoms with van der Waals surface area (Å²) in [7, 11) is 0. The molecule has 0 radical (unpaired) electrons. The fourth-order valence-electron chi connectivity index (χ4n) is 15.2. The topological polar surface area (TPSA) is 0 Å². The third-order valence-corrected chi connectivity index (χ3v) is 13.4. The van der Waals surface area contributed by atoms with Gasteiger partial charge in [-0.15, -0.1) is 0 Å². The molecule has 0 spiro atoms. The van der Waals surface area contributed by atoms with Crippen LogP contribution in [0.25, 0.3) is 0 Å². The van der Waals surface area contributed by atoms with Gasteiger partial charge in [-0.1, -0.05) is 0 Å². The van der Waals surface area contributed by atoms with Crippen LogP contribution in [0.3, 0.4) is 0 Å². The van der Waals surface area contributed by atoms with Crippen molar-refractivity contribution >= 4 is 0 Å². The second-order valence-corrected chi connectivity index (χ2v) is 11.7. The molecule has 0 N–H and O–H groups in total. The molecule has 0 bridgehead atoms. The Bertz CT molecular complexity index is 686. The summed E-state index contributed by atoms with van der Waals surface area (Å²) in [6.45, 7) is 0. The first kappa shape index (κ1) is 9.37. The average molecular weight is 296 g/mol. The normalized spacial score (nSPS) is 106. The standard InChI is InChI=1S/C20H18F2/c21-19-13-3-1-2-5(13)9-10-6(2)14-4(1)8-7(3)15(19)11-12(17(9)19)18(10)20(14,22)16(8)11/h1-18H. The van der Waals surface area contributed by atoms with Gasteiger partial charge >= 0.3 is 0 Å². The molecule has 0 aromatic rings. The van der Waals surface area contributed by atoms with Gasteiger partial charge in [0, 0.05) is 35.5 Å². The van der Waals surface area contributed by atoms with Crippen LogP contribution in [0, 0.1) is 107 Å². The molecule has 2 heteroatoms. The lowest BCUT2D eigenvalue weighted by Crippen LogP contribution is -2.42. The molecule has 12 aliphatic rings.